The molecule has 3 rings (SSSR count). The molecule has 0 spiro atoms. The maximum absolute atomic E-state index is 5.22. The summed E-state index contributed by atoms with van der Waals surface area (Å²) in [4.78, 5) is 4.51. The zero-order valence-electron chi connectivity index (χ0n) is 13.5. The third kappa shape index (κ3) is 4.55. The van der Waals surface area contributed by atoms with Gasteiger partial charge >= 0.3 is 0 Å². The van der Waals surface area contributed by atoms with E-state index in [2.05, 4.69) is 25.8 Å². The summed E-state index contributed by atoms with van der Waals surface area (Å²) in [6.45, 7) is 0. The number of ether oxygens (including phenoxy) is 1. The van der Waals surface area contributed by atoms with Crippen molar-refractivity contribution in [2.75, 3.05) is 17.7 Å². The number of benzene rings is 1. The van der Waals surface area contributed by atoms with Gasteiger partial charge in [0.15, 0.2) is 5.82 Å². The van der Waals surface area contributed by atoms with E-state index in [1.165, 1.54) is 38.5 Å². The molecule has 23 heavy (non-hydrogen) atoms. The molecule has 0 radical (unpaired) electrons. The van der Waals surface area contributed by atoms with Gasteiger partial charge in [0.2, 0.25) is 5.95 Å². The molecule has 1 saturated carbocycles. The van der Waals surface area contributed by atoms with Crippen molar-refractivity contribution in [1.82, 2.24) is 15.2 Å². The van der Waals surface area contributed by atoms with E-state index >= 15 is 0 Å². The molecular weight excluding hydrogens is 290 g/mol. The first kappa shape index (κ1) is 15.5. The summed E-state index contributed by atoms with van der Waals surface area (Å²) in [5.74, 6) is 2.05. The predicted molar refractivity (Wildman–Crippen MR) is 91.2 cm³/mol. The molecule has 6 nitrogen and oxygen atoms in total. The molecule has 0 unspecified atom stereocenters. The van der Waals surface area contributed by atoms with Crippen molar-refractivity contribution in [2.24, 2.45) is 0 Å². The fraction of sp³-hybridized carbons (Fsp3) is 0.471. The normalized spacial score (nSPS) is 15.7. The Labute approximate surface area is 136 Å². The topological polar surface area (TPSA) is 72.0 Å². The Balaban J connectivity index is 1.66. The van der Waals surface area contributed by atoms with Gasteiger partial charge in [-0.25, -0.2) is 0 Å². The molecule has 1 fully saturated rings. The summed E-state index contributed by atoms with van der Waals surface area (Å²) in [7, 11) is 1.65. The van der Waals surface area contributed by atoms with Gasteiger partial charge in [-0.1, -0.05) is 31.7 Å². The number of hydrogen-bond donors (Lipinski definition) is 2. The molecule has 0 saturated heterocycles. The van der Waals surface area contributed by atoms with Crippen LogP contribution in [0.3, 0.4) is 0 Å². The maximum atomic E-state index is 5.22. The molecule has 1 aliphatic rings. The van der Waals surface area contributed by atoms with Gasteiger partial charge in [0.25, 0.3) is 0 Å². The number of hydrogen-bond acceptors (Lipinski definition) is 6. The Morgan fingerprint density at radius 3 is 2.74 bits per heavy atom. The van der Waals surface area contributed by atoms with Crippen LogP contribution in [0.5, 0.6) is 5.75 Å². The first-order valence-corrected chi connectivity index (χ1v) is 8.21. The summed E-state index contributed by atoms with van der Waals surface area (Å²) in [5.41, 5.74) is 0.873. The number of aromatic nitrogens is 3. The van der Waals surface area contributed by atoms with E-state index < -0.39 is 0 Å². The quantitative estimate of drug-likeness (QED) is 0.819. The second-order valence-electron chi connectivity index (χ2n) is 5.86. The molecule has 0 atom stereocenters. The molecule has 1 heterocycles. The van der Waals surface area contributed by atoms with Crippen LogP contribution in [-0.4, -0.2) is 28.3 Å². The van der Waals surface area contributed by atoms with Crippen molar-refractivity contribution in [3.63, 3.8) is 0 Å². The Hall–Kier alpha value is -2.37. The number of nitrogens with zero attached hydrogens (tertiary/aromatic N) is 3. The van der Waals surface area contributed by atoms with Crippen LogP contribution in [-0.2, 0) is 0 Å². The summed E-state index contributed by atoms with van der Waals surface area (Å²) in [6, 6.07) is 8.14. The lowest BCUT2D eigenvalue weighted by Crippen LogP contribution is -2.19. The second kappa shape index (κ2) is 7.76. The summed E-state index contributed by atoms with van der Waals surface area (Å²) >= 11 is 0. The molecule has 2 N–H and O–H groups in total. The molecule has 1 aromatic heterocycles. The Morgan fingerprint density at radius 2 is 1.96 bits per heavy atom. The highest BCUT2D eigenvalue weighted by Gasteiger charge is 2.13. The van der Waals surface area contributed by atoms with Crippen LogP contribution >= 0.6 is 0 Å². The average Bonchev–Trinajstić information content (AvgIpc) is 2.84. The average molecular weight is 313 g/mol. The minimum absolute atomic E-state index is 0.483. The number of methoxy groups -OCH3 is 1. The van der Waals surface area contributed by atoms with Crippen LogP contribution < -0.4 is 15.4 Å². The number of rotatable bonds is 5. The molecule has 6 heteroatoms. The van der Waals surface area contributed by atoms with E-state index in [0.717, 1.165) is 17.3 Å². The highest BCUT2D eigenvalue weighted by atomic mass is 16.5. The highest BCUT2D eigenvalue weighted by molar-refractivity contribution is 5.56. The Bertz CT molecular complexity index is 626. The smallest absolute Gasteiger partial charge is 0.249 e. The molecule has 1 aliphatic carbocycles. The van der Waals surface area contributed by atoms with Crippen LogP contribution in [0.4, 0.5) is 17.5 Å². The van der Waals surface area contributed by atoms with E-state index in [1.807, 2.05) is 24.3 Å². The van der Waals surface area contributed by atoms with Gasteiger partial charge in [-0.2, -0.15) is 10.1 Å². The largest absolute Gasteiger partial charge is 0.497 e. The standard InChI is InChI=1S/C17H23N5O/c1-23-15-10-6-9-14(11-15)20-17-21-16(12-18-22-17)19-13-7-4-2-3-5-8-13/h6,9-13H,2-5,7-8H2,1H3,(H2,19,20,21,22). The fourth-order valence-electron chi connectivity index (χ4n) is 2.89. The summed E-state index contributed by atoms with van der Waals surface area (Å²) in [5, 5.41) is 14.7. The van der Waals surface area contributed by atoms with Crippen LogP contribution in [0.1, 0.15) is 38.5 Å². The first-order chi connectivity index (χ1) is 11.3. The Kier molecular flexibility index (Phi) is 5.24. The zero-order valence-corrected chi connectivity index (χ0v) is 13.5. The van der Waals surface area contributed by atoms with Crippen molar-refractivity contribution in [3.8, 4) is 5.75 Å². The van der Waals surface area contributed by atoms with Crippen molar-refractivity contribution in [1.29, 1.82) is 0 Å². The monoisotopic (exact) mass is 313 g/mol. The van der Waals surface area contributed by atoms with Gasteiger partial charge in [-0.05, 0) is 25.0 Å². The van der Waals surface area contributed by atoms with Crippen LogP contribution in [0, 0.1) is 0 Å². The van der Waals surface area contributed by atoms with E-state index in [1.54, 1.807) is 13.3 Å². The van der Waals surface area contributed by atoms with Crippen molar-refractivity contribution in [3.05, 3.63) is 30.5 Å². The third-order valence-corrected chi connectivity index (χ3v) is 4.09. The van der Waals surface area contributed by atoms with Crippen LogP contribution in [0.2, 0.25) is 0 Å². The van der Waals surface area contributed by atoms with E-state index in [-0.39, 0.29) is 0 Å². The van der Waals surface area contributed by atoms with Gasteiger partial charge in [0.05, 0.1) is 13.3 Å². The lowest BCUT2D eigenvalue weighted by molar-refractivity contribution is 0.415. The molecule has 0 bridgehead atoms. The molecule has 1 aromatic carbocycles. The zero-order chi connectivity index (χ0) is 15.9. The Morgan fingerprint density at radius 1 is 1.13 bits per heavy atom. The van der Waals surface area contributed by atoms with Gasteiger partial charge in [-0.3, -0.25) is 0 Å². The minimum atomic E-state index is 0.483. The van der Waals surface area contributed by atoms with E-state index in [0.29, 0.717) is 12.0 Å². The SMILES string of the molecule is COc1cccc(Nc2nncc(NC3CCCCCC3)n2)c1. The van der Waals surface area contributed by atoms with Crippen LogP contribution in [0.15, 0.2) is 30.5 Å². The molecular formula is C17H23N5O. The lowest BCUT2D eigenvalue weighted by atomic mass is 10.1. The van der Waals surface area contributed by atoms with Gasteiger partial charge in [-0.15, -0.1) is 5.10 Å². The third-order valence-electron chi connectivity index (χ3n) is 4.09. The van der Waals surface area contributed by atoms with Crippen molar-refractivity contribution in [2.45, 2.75) is 44.6 Å². The molecule has 0 aliphatic heterocycles. The summed E-state index contributed by atoms with van der Waals surface area (Å²) < 4.78 is 5.22. The van der Waals surface area contributed by atoms with Crippen molar-refractivity contribution >= 4 is 17.5 Å². The number of nitrogens with one attached hydrogen (secondary N) is 2. The van der Waals surface area contributed by atoms with Gasteiger partial charge < -0.3 is 15.4 Å². The van der Waals surface area contributed by atoms with E-state index in [4.69, 9.17) is 4.74 Å². The molecule has 2 aromatic rings. The highest BCUT2D eigenvalue weighted by Crippen LogP contribution is 2.22. The van der Waals surface area contributed by atoms with Gasteiger partial charge in [0.1, 0.15) is 5.75 Å². The minimum Gasteiger partial charge on any atom is -0.497 e. The lowest BCUT2D eigenvalue weighted by Gasteiger charge is -2.16. The van der Waals surface area contributed by atoms with E-state index in [9.17, 15) is 0 Å². The maximum Gasteiger partial charge on any atom is 0.249 e. The number of anilines is 3. The van der Waals surface area contributed by atoms with Crippen molar-refractivity contribution < 1.29 is 4.74 Å². The fourth-order valence-corrected chi connectivity index (χ4v) is 2.89. The molecule has 0 amide bonds. The predicted octanol–water partition coefficient (Wildman–Crippen LogP) is 3.76. The second-order valence-corrected chi connectivity index (χ2v) is 5.86. The molecule has 122 valence electrons. The van der Waals surface area contributed by atoms with Gasteiger partial charge in [0, 0.05) is 17.8 Å². The van der Waals surface area contributed by atoms with Crippen LogP contribution in [0.25, 0.3) is 0 Å². The summed E-state index contributed by atoms with van der Waals surface area (Å²) in [6.07, 6.45) is 9.31. The first-order valence-electron chi connectivity index (χ1n) is 8.21.